The van der Waals surface area contributed by atoms with Crippen molar-refractivity contribution in [1.29, 1.82) is 0 Å². The Balaban J connectivity index is 1.42. The molecule has 0 aliphatic heterocycles. The molecule has 194 valence electrons. The van der Waals surface area contributed by atoms with Crippen molar-refractivity contribution in [2.24, 2.45) is 46.3 Å². The first-order chi connectivity index (χ1) is 16.6. The Morgan fingerprint density at radius 2 is 1.74 bits per heavy atom. The molecule has 0 heterocycles. The molecule has 3 saturated carbocycles. The van der Waals surface area contributed by atoms with Gasteiger partial charge in [0.15, 0.2) is 0 Å². The van der Waals surface area contributed by atoms with Crippen molar-refractivity contribution in [2.45, 2.75) is 104 Å². The number of fused-ring (bicyclic) bond motifs is 3. The van der Waals surface area contributed by atoms with Gasteiger partial charge in [-0.15, -0.1) is 11.8 Å². The highest BCUT2D eigenvalue weighted by Gasteiger charge is 2.60. The standard InChI is InChI=1S/C32H48O2S/c1-22(2)10-9-11-23(3)27-15-16-28-26-14-17-30(34)32(5,29(26)18-19-31(27,28)4)20-24(33)21-35-25-12-7-6-8-13-25/h6-8,12-13,22-23,26-29H,9-11,14-21H2,1-5H3/t23-,26+,27-,28+,29+,31-,32-/m1/s1. The number of hydrogen-bond donors (Lipinski definition) is 0. The molecule has 35 heavy (non-hydrogen) atoms. The van der Waals surface area contributed by atoms with E-state index in [0.717, 1.165) is 41.4 Å². The fourth-order valence-corrected chi connectivity index (χ4v) is 9.45. The molecular weight excluding hydrogens is 448 g/mol. The predicted octanol–water partition coefficient (Wildman–Crippen LogP) is 8.63. The minimum atomic E-state index is -0.459. The van der Waals surface area contributed by atoms with Crippen LogP contribution in [0.3, 0.4) is 0 Å². The van der Waals surface area contributed by atoms with Gasteiger partial charge in [-0.05, 0) is 85.2 Å². The van der Waals surface area contributed by atoms with Crippen LogP contribution in [0.2, 0.25) is 0 Å². The molecule has 7 atom stereocenters. The molecule has 4 rings (SSSR count). The van der Waals surface area contributed by atoms with Crippen LogP contribution in [0.25, 0.3) is 0 Å². The van der Waals surface area contributed by atoms with E-state index in [1.54, 1.807) is 11.8 Å². The largest absolute Gasteiger partial charge is 0.299 e. The molecule has 3 aliphatic rings. The first-order valence-corrected chi connectivity index (χ1v) is 15.4. The van der Waals surface area contributed by atoms with Crippen molar-refractivity contribution in [1.82, 2.24) is 0 Å². The lowest BCUT2D eigenvalue weighted by Crippen LogP contribution is -2.53. The molecule has 1 aromatic carbocycles. The lowest BCUT2D eigenvalue weighted by molar-refractivity contribution is -0.149. The van der Waals surface area contributed by atoms with E-state index in [-0.39, 0.29) is 5.78 Å². The number of ketones is 2. The van der Waals surface area contributed by atoms with Crippen LogP contribution in [0.5, 0.6) is 0 Å². The monoisotopic (exact) mass is 496 g/mol. The Morgan fingerprint density at radius 3 is 2.46 bits per heavy atom. The zero-order chi connectivity index (χ0) is 25.2. The fraction of sp³-hybridized carbons (Fsp3) is 0.750. The fourth-order valence-electron chi connectivity index (χ4n) is 8.67. The summed E-state index contributed by atoms with van der Waals surface area (Å²) in [5.74, 6) is 5.25. The Labute approximate surface area is 218 Å². The third-order valence-electron chi connectivity index (χ3n) is 10.5. The number of carbonyl (C=O) groups excluding carboxylic acids is 2. The van der Waals surface area contributed by atoms with E-state index in [2.05, 4.69) is 46.8 Å². The first-order valence-electron chi connectivity index (χ1n) is 14.4. The second kappa shape index (κ2) is 11.1. The maximum Gasteiger partial charge on any atom is 0.144 e. The number of benzene rings is 1. The number of hydrogen-bond acceptors (Lipinski definition) is 3. The highest BCUT2D eigenvalue weighted by molar-refractivity contribution is 8.00. The average Bonchev–Trinajstić information content (AvgIpc) is 3.18. The molecule has 3 heteroatoms. The van der Waals surface area contributed by atoms with Gasteiger partial charge in [0.1, 0.15) is 11.6 Å². The Kier molecular flexibility index (Phi) is 8.56. The Morgan fingerprint density at radius 1 is 1.00 bits per heavy atom. The third kappa shape index (κ3) is 5.60. The van der Waals surface area contributed by atoms with Crippen LogP contribution in [0.4, 0.5) is 0 Å². The highest BCUT2D eigenvalue weighted by atomic mass is 32.2. The topological polar surface area (TPSA) is 34.1 Å². The average molecular weight is 497 g/mol. The SMILES string of the molecule is CC(C)CCC[C@@H](C)[C@H]1CC[C@H]2[C@@H]3CCC(=O)[C@](C)(CC(=O)CSc4ccccc4)[C@H]3CC[C@]12C. The minimum absolute atomic E-state index is 0.242. The van der Waals surface area contributed by atoms with E-state index in [1.807, 2.05) is 18.2 Å². The summed E-state index contributed by atoms with van der Waals surface area (Å²) >= 11 is 1.61. The zero-order valence-corrected chi connectivity index (χ0v) is 23.7. The van der Waals surface area contributed by atoms with Gasteiger partial charge in [0.25, 0.3) is 0 Å². The van der Waals surface area contributed by atoms with Gasteiger partial charge >= 0.3 is 0 Å². The molecule has 0 bridgehead atoms. The lowest BCUT2D eigenvalue weighted by atomic mass is 9.48. The Hall–Kier alpha value is -1.09. The summed E-state index contributed by atoms with van der Waals surface area (Å²) in [5.41, 5.74) is -0.0353. The smallest absolute Gasteiger partial charge is 0.144 e. The maximum absolute atomic E-state index is 13.3. The summed E-state index contributed by atoms with van der Waals surface area (Å²) in [6, 6.07) is 10.2. The van der Waals surface area contributed by atoms with Crippen LogP contribution in [0, 0.1) is 46.3 Å². The molecule has 0 N–H and O–H groups in total. The van der Waals surface area contributed by atoms with E-state index in [9.17, 15) is 9.59 Å². The summed E-state index contributed by atoms with van der Waals surface area (Å²) in [6.45, 7) is 11.9. The molecule has 3 aliphatic carbocycles. The van der Waals surface area contributed by atoms with Crippen molar-refractivity contribution in [3.8, 4) is 0 Å². The van der Waals surface area contributed by atoms with E-state index < -0.39 is 5.41 Å². The van der Waals surface area contributed by atoms with E-state index in [1.165, 1.54) is 38.5 Å². The van der Waals surface area contributed by atoms with Gasteiger partial charge in [0.2, 0.25) is 0 Å². The molecule has 0 saturated heterocycles. The van der Waals surface area contributed by atoms with Gasteiger partial charge in [-0.1, -0.05) is 72.1 Å². The zero-order valence-electron chi connectivity index (χ0n) is 22.9. The second-order valence-electron chi connectivity index (χ2n) is 13.1. The molecule has 0 radical (unpaired) electrons. The molecule has 0 amide bonds. The summed E-state index contributed by atoms with van der Waals surface area (Å²) in [4.78, 5) is 27.6. The van der Waals surface area contributed by atoms with Crippen LogP contribution in [0.15, 0.2) is 35.2 Å². The number of rotatable bonds is 10. The molecule has 0 aromatic heterocycles. The number of carbonyl (C=O) groups is 2. The van der Waals surface area contributed by atoms with Crippen molar-refractivity contribution in [3.05, 3.63) is 30.3 Å². The van der Waals surface area contributed by atoms with E-state index in [4.69, 9.17) is 0 Å². The Bertz CT molecular complexity index is 879. The molecule has 2 nitrogen and oxygen atoms in total. The van der Waals surface area contributed by atoms with Gasteiger partial charge < -0.3 is 0 Å². The predicted molar refractivity (Wildman–Crippen MR) is 148 cm³/mol. The van der Waals surface area contributed by atoms with Gasteiger partial charge in [-0.2, -0.15) is 0 Å². The van der Waals surface area contributed by atoms with Crippen LogP contribution < -0.4 is 0 Å². The van der Waals surface area contributed by atoms with Crippen molar-refractivity contribution in [3.63, 3.8) is 0 Å². The summed E-state index contributed by atoms with van der Waals surface area (Å²) < 4.78 is 0. The molecule has 3 fully saturated rings. The van der Waals surface area contributed by atoms with Crippen LogP contribution in [-0.2, 0) is 9.59 Å². The van der Waals surface area contributed by atoms with E-state index >= 15 is 0 Å². The van der Waals surface area contributed by atoms with Crippen LogP contribution in [-0.4, -0.2) is 17.3 Å². The normalized spacial score (nSPS) is 35.5. The van der Waals surface area contributed by atoms with Crippen LogP contribution >= 0.6 is 11.8 Å². The van der Waals surface area contributed by atoms with Gasteiger partial charge in [0, 0.05) is 23.2 Å². The van der Waals surface area contributed by atoms with Crippen molar-refractivity contribution < 1.29 is 9.59 Å². The highest BCUT2D eigenvalue weighted by Crippen LogP contribution is 2.65. The summed E-state index contributed by atoms with van der Waals surface area (Å²) in [5, 5.41) is 0. The van der Waals surface area contributed by atoms with Crippen molar-refractivity contribution >= 4 is 23.3 Å². The number of thioether (sulfide) groups is 1. The van der Waals surface area contributed by atoms with Gasteiger partial charge in [-0.25, -0.2) is 0 Å². The second-order valence-corrected chi connectivity index (χ2v) is 14.2. The lowest BCUT2D eigenvalue weighted by Gasteiger charge is -2.56. The summed E-state index contributed by atoms with van der Waals surface area (Å²) in [6.07, 6.45) is 11.3. The molecule has 0 spiro atoms. The van der Waals surface area contributed by atoms with Gasteiger partial charge in [-0.3, -0.25) is 9.59 Å². The molecular formula is C32H48O2S. The van der Waals surface area contributed by atoms with E-state index in [0.29, 0.717) is 41.6 Å². The third-order valence-corrected chi connectivity index (χ3v) is 11.6. The van der Waals surface area contributed by atoms with Crippen LogP contribution in [0.1, 0.15) is 98.8 Å². The number of Topliss-reactive ketones (excluding diaryl/α,β-unsaturated/α-hetero) is 2. The molecule has 1 aromatic rings. The minimum Gasteiger partial charge on any atom is -0.299 e. The van der Waals surface area contributed by atoms with Crippen molar-refractivity contribution in [2.75, 3.05) is 5.75 Å². The summed E-state index contributed by atoms with van der Waals surface area (Å²) in [7, 11) is 0. The quantitative estimate of drug-likeness (QED) is 0.304. The van der Waals surface area contributed by atoms with Gasteiger partial charge in [0.05, 0.1) is 5.75 Å². The maximum atomic E-state index is 13.3. The first kappa shape index (κ1) is 27.0. The molecule has 0 unspecified atom stereocenters.